The molecule has 8 heteroatoms. The fourth-order valence-electron chi connectivity index (χ4n) is 2.89. The fourth-order valence-corrected chi connectivity index (χ4v) is 2.89. The van der Waals surface area contributed by atoms with Crippen LogP contribution < -0.4 is 15.0 Å². The molecule has 0 saturated carbocycles. The molecule has 2 aromatic heterocycles. The van der Waals surface area contributed by atoms with Gasteiger partial charge in [-0.3, -0.25) is 0 Å². The van der Waals surface area contributed by atoms with Gasteiger partial charge in [-0.15, -0.1) is 0 Å². The van der Waals surface area contributed by atoms with Gasteiger partial charge in [-0.2, -0.15) is 0 Å². The third-order valence-corrected chi connectivity index (χ3v) is 4.25. The van der Waals surface area contributed by atoms with Crippen LogP contribution in [-0.2, 0) is 6.54 Å². The number of ether oxygens (including phenoxy) is 1. The molecule has 1 atom stereocenters. The first-order valence-electron chi connectivity index (χ1n) is 8.40. The molecule has 1 saturated heterocycles. The molecule has 0 aromatic carbocycles. The number of carbonyl (C=O) groups is 1. The Hall–Kier alpha value is -2.77. The lowest BCUT2D eigenvalue weighted by Crippen LogP contribution is -2.44. The molecule has 25 heavy (non-hydrogen) atoms. The van der Waals surface area contributed by atoms with Crippen LogP contribution in [0.2, 0.25) is 0 Å². The molecule has 2 amide bonds. The zero-order chi connectivity index (χ0) is 17.6. The minimum atomic E-state index is -0.118. The van der Waals surface area contributed by atoms with Crippen LogP contribution in [0.25, 0.3) is 0 Å². The quantitative estimate of drug-likeness (QED) is 0.861. The van der Waals surface area contributed by atoms with Crippen LogP contribution >= 0.6 is 0 Å². The molecular formula is C17H23N5O3. The largest absolute Gasteiger partial charge is 0.475 e. The number of urea groups is 1. The van der Waals surface area contributed by atoms with E-state index in [1.54, 1.807) is 29.6 Å². The minimum absolute atomic E-state index is 0.105. The molecular weight excluding hydrogens is 322 g/mol. The molecule has 1 N–H and O–H groups in total. The van der Waals surface area contributed by atoms with Crippen molar-refractivity contribution in [3.8, 4) is 5.88 Å². The van der Waals surface area contributed by atoms with Crippen LogP contribution in [0.1, 0.15) is 19.1 Å². The highest BCUT2D eigenvalue weighted by Gasteiger charge is 2.30. The van der Waals surface area contributed by atoms with E-state index in [2.05, 4.69) is 20.2 Å². The summed E-state index contributed by atoms with van der Waals surface area (Å²) >= 11 is 0. The van der Waals surface area contributed by atoms with E-state index in [-0.39, 0.29) is 12.1 Å². The van der Waals surface area contributed by atoms with Crippen LogP contribution in [-0.4, -0.2) is 53.7 Å². The number of aromatic nitrogens is 2. The smallest absolute Gasteiger partial charge is 0.317 e. The molecule has 1 fully saturated rings. The first kappa shape index (κ1) is 17.1. The predicted molar refractivity (Wildman–Crippen MR) is 92.5 cm³/mol. The number of furan rings is 1. The zero-order valence-electron chi connectivity index (χ0n) is 14.5. The third-order valence-electron chi connectivity index (χ3n) is 4.25. The van der Waals surface area contributed by atoms with E-state index in [4.69, 9.17) is 9.15 Å². The number of hydrogen-bond acceptors (Lipinski definition) is 6. The molecule has 1 unspecified atom stereocenters. The van der Waals surface area contributed by atoms with Gasteiger partial charge in [0.15, 0.2) is 5.82 Å². The minimum Gasteiger partial charge on any atom is -0.475 e. The molecule has 0 bridgehead atoms. The molecule has 134 valence electrons. The Balaban J connectivity index is 1.57. The van der Waals surface area contributed by atoms with Crippen molar-refractivity contribution in [3.63, 3.8) is 0 Å². The second kappa shape index (κ2) is 7.87. The molecule has 3 heterocycles. The molecule has 0 radical (unpaired) electrons. The van der Waals surface area contributed by atoms with Crippen LogP contribution in [0.5, 0.6) is 5.88 Å². The second-order valence-corrected chi connectivity index (χ2v) is 5.86. The Kier molecular flexibility index (Phi) is 5.37. The van der Waals surface area contributed by atoms with Crippen molar-refractivity contribution < 1.29 is 13.9 Å². The maximum atomic E-state index is 12.3. The van der Waals surface area contributed by atoms with Crippen molar-refractivity contribution in [2.75, 3.05) is 31.6 Å². The summed E-state index contributed by atoms with van der Waals surface area (Å²) in [5.41, 5.74) is 0. The van der Waals surface area contributed by atoms with Gasteiger partial charge < -0.3 is 24.3 Å². The topological polar surface area (TPSA) is 83.7 Å². The highest BCUT2D eigenvalue weighted by atomic mass is 16.5. The van der Waals surface area contributed by atoms with Gasteiger partial charge in [0.25, 0.3) is 5.88 Å². The summed E-state index contributed by atoms with van der Waals surface area (Å²) in [7, 11) is 1.81. The van der Waals surface area contributed by atoms with E-state index in [0.29, 0.717) is 25.6 Å². The Morgan fingerprint density at radius 3 is 3.08 bits per heavy atom. The fraction of sp³-hybridized carbons (Fsp3) is 0.471. The SMILES string of the molecule is CCOc1nccnc1N1CCC(N(C)C(=O)NCc2ccco2)C1. The van der Waals surface area contributed by atoms with E-state index < -0.39 is 0 Å². The van der Waals surface area contributed by atoms with Gasteiger partial charge in [-0.05, 0) is 25.5 Å². The van der Waals surface area contributed by atoms with Crippen molar-refractivity contribution in [2.45, 2.75) is 25.9 Å². The monoisotopic (exact) mass is 345 g/mol. The number of carbonyl (C=O) groups excluding carboxylic acids is 1. The van der Waals surface area contributed by atoms with E-state index in [1.165, 1.54) is 0 Å². The van der Waals surface area contributed by atoms with Gasteiger partial charge in [-0.25, -0.2) is 14.8 Å². The first-order valence-corrected chi connectivity index (χ1v) is 8.40. The van der Waals surface area contributed by atoms with Crippen molar-refractivity contribution in [3.05, 3.63) is 36.5 Å². The summed E-state index contributed by atoms with van der Waals surface area (Å²) in [6, 6.07) is 3.62. The van der Waals surface area contributed by atoms with Gasteiger partial charge in [0, 0.05) is 32.5 Å². The van der Waals surface area contributed by atoms with Crippen LogP contribution in [0.15, 0.2) is 35.2 Å². The summed E-state index contributed by atoms with van der Waals surface area (Å²) in [5, 5.41) is 2.87. The Labute approximate surface area is 146 Å². The van der Waals surface area contributed by atoms with E-state index in [0.717, 1.165) is 24.5 Å². The van der Waals surface area contributed by atoms with Crippen molar-refractivity contribution >= 4 is 11.8 Å². The van der Waals surface area contributed by atoms with Crippen LogP contribution in [0, 0.1) is 0 Å². The molecule has 3 rings (SSSR count). The van der Waals surface area contributed by atoms with Crippen LogP contribution in [0.3, 0.4) is 0 Å². The van der Waals surface area contributed by atoms with Gasteiger partial charge in [0.2, 0.25) is 0 Å². The predicted octanol–water partition coefficient (Wildman–Crippen LogP) is 1.89. The third kappa shape index (κ3) is 4.01. The molecule has 1 aliphatic rings. The standard InChI is InChI=1S/C17H23N5O3/c1-3-24-16-15(18-7-8-19-16)22-9-6-13(12-22)21(2)17(23)20-11-14-5-4-10-25-14/h4-5,7-8,10,13H,3,6,9,11-12H2,1-2H3,(H,20,23). The highest BCUT2D eigenvalue weighted by molar-refractivity contribution is 5.74. The number of anilines is 1. The Bertz CT molecular complexity index is 691. The lowest BCUT2D eigenvalue weighted by Gasteiger charge is -2.25. The Morgan fingerprint density at radius 1 is 1.48 bits per heavy atom. The van der Waals surface area contributed by atoms with Crippen molar-refractivity contribution in [2.24, 2.45) is 0 Å². The molecule has 0 aliphatic carbocycles. The lowest BCUT2D eigenvalue weighted by molar-refractivity contribution is 0.193. The lowest BCUT2D eigenvalue weighted by atomic mass is 10.2. The van der Waals surface area contributed by atoms with Gasteiger partial charge in [-0.1, -0.05) is 0 Å². The van der Waals surface area contributed by atoms with E-state index in [9.17, 15) is 4.79 Å². The summed E-state index contributed by atoms with van der Waals surface area (Å²) < 4.78 is 10.8. The number of hydrogen-bond donors (Lipinski definition) is 1. The van der Waals surface area contributed by atoms with E-state index >= 15 is 0 Å². The number of amides is 2. The Morgan fingerprint density at radius 2 is 2.32 bits per heavy atom. The molecule has 2 aromatic rings. The van der Waals surface area contributed by atoms with Crippen molar-refractivity contribution in [1.82, 2.24) is 20.2 Å². The van der Waals surface area contributed by atoms with Gasteiger partial charge in [0.05, 0.1) is 25.5 Å². The molecule has 0 spiro atoms. The number of nitrogens with zero attached hydrogens (tertiary/aromatic N) is 4. The normalized spacial score (nSPS) is 16.7. The summed E-state index contributed by atoms with van der Waals surface area (Å²) in [6.45, 7) is 4.34. The second-order valence-electron chi connectivity index (χ2n) is 5.86. The average molecular weight is 345 g/mol. The number of likely N-dealkylation sites (N-methyl/N-ethyl adjacent to an activating group) is 1. The summed E-state index contributed by atoms with van der Waals surface area (Å²) in [4.78, 5) is 24.8. The van der Waals surface area contributed by atoms with Gasteiger partial charge >= 0.3 is 6.03 Å². The summed E-state index contributed by atoms with van der Waals surface area (Å²) in [6.07, 6.45) is 5.74. The number of rotatable bonds is 6. The maximum Gasteiger partial charge on any atom is 0.317 e. The average Bonchev–Trinajstić information content (AvgIpc) is 3.31. The summed E-state index contributed by atoms with van der Waals surface area (Å²) in [5.74, 6) is 2.00. The van der Waals surface area contributed by atoms with Crippen LogP contribution in [0.4, 0.5) is 10.6 Å². The highest BCUT2D eigenvalue weighted by Crippen LogP contribution is 2.27. The van der Waals surface area contributed by atoms with Gasteiger partial charge in [0.1, 0.15) is 5.76 Å². The first-order chi connectivity index (χ1) is 12.2. The maximum absolute atomic E-state index is 12.3. The van der Waals surface area contributed by atoms with Crippen molar-refractivity contribution in [1.29, 1.82) is 0 Å². The zero-order valence-corrected chi connectivity index (χ0v) is 14.5. The molecule has 8 nitrogen and oxygen atoms in total. The van der Waals surface area contributed by atoms with E-state index in [1.807, 2.05) is 20.0 Å². The number of nitrogens with one attached hydrogen (secondary N) is 1. The molecule has 1 aliphatic heterocycles.